The zero-order valence-corrected chi connectivity index (χ0v) is 14.8. The molecular weight excluding hydrogens is 326 g/mol. The monoisotopic (exact) mass is 347 g/mol. The Morgan fingerprint density at radius 2 is 2.21 bits per heavy atom. The van der Waals surface area contributed by atoms with Gasteiger partial charge in [0.25, 0.3) is 5.56 Å². The van der Waals surface area contributed by atoms with Crippen LogP contribution in [0.3, 0.4) is 0 Å². The number of hydrogen-bond donors (Lipinski definition) is 2. The van der Waals surface area contributed by atoms with Crippen molar-refractivity contribution < 1.29 is 5.11 Å². The molecule has 0 aromatic carbocycles. The maximum absolute atomic E-state index is 12.4. The largest absolute Gasteiger partial charge is 0.395 e. The van der Waals surface area contributed by atoms with Gasteiger partial charge in [-0.25, -0.2) is 4.68 Å². The molecule has 2 N–H and O–H groups in total. The summed E-state index contributed by atoms with van der Waals surface area (Å²) in [6.45, 7) is 6.97. The van der Waals surface area contributed by atoms with E-state index in [2.05, 4.69) is 15.1 Å². The summed E-state index contributed by atoms with van der Waals surface area (Å²) in [6, 6.07) is 2.02. The Hall–Kier alpha value is -2.19. The molecule has 3 heterocycles. The molecule has 3 aromatic heterocycles. The third-order valence-electron chi connectivity index (χ3n) is 3.68. The van der Waals surface area contributed by atoms with Crippen molar-refractivity contribution in [3.8, 4) is 0 Å². The smallest absolute Gasteiger partial charge is 0.263 e. The van der Waals surface area contributed by atoms with E-state index < -0.39 is 0 Å². The summed E-state index contributed by atoms with van der Waals surface area (Å²) in [6.07, 6.45) is 1.55. The molecule has 0 aliphatic rings. The Morgan fingerprint density at radius 3 is 2.83 bits per heavy atom. The Morgan fingerprint density at radius 1 is 1.42 bits per heavy atom. The molecule has 0 aliphatic carbocycles. The van der Waals surface area contributed by atoms with Crippen LogP contribution in [-0.4, -0.2) is 38.0 Å². The summed E-state index contributed by atoms with van der Waals surface area (Å²) in [5.74, 6) is 0.443. The number of fused-ring (bicyclic) bond motifs is 1. The molecule has 0 saturated heterocycles. The van der Waals surface area contributed by atoms with Gasteiger partial charge >= 0.3 is 0 Å². The highest BCUT2D eigenvalue weighted by atomic mass is 32.1. The van der Waals surface area contributed by atoms with Gasteiger partial charge in [-0.05, 0) is 43.2 Å². The average molecular weight is 347 g/mol. The van der Waals surface area contributed by atoms with Crippen molar-refractivity contribution in [1.29, 1.82) is 0 Å². The SMILES string of the molecule is CC(C)(C)n1ncc2c(=O)[nH]c(N(CCO)Cc3ccsc3)nc21. The predicted molar refractivity (Wildman–Crippen MR) is 95.6 cm³/mol. The summed E-state index contributed by atoms with van der Waals surface area (Å²) in [5, 5.41) is 18.2. The highest BCUT2D eigenvalue weighted by Crippen LogP contribution is 2.20. The highest BCUT2D eigenvalue weighted by molar-refractivity contribution is 7.07. The molecule has 0 bridgehead atoms. The minimum Gasteiger partial charge on any atom is -0.395 e. The topological polar surface area (TPSA) is 87.0 Å². The summed E-state index contributed by atoms with van der Waals surface area (Å²) < 4.78 is 1.75. The summed E-state index contributed by atoms with van der Waals surface area (Å²) in [5.41, 5.74) is 1.16. The van der Waals surface area contributed by atoms with Gasteiger partial charge in [-0.2, -0.15) is 21.4 Å². The van der Waals surface area contributed by atoms with Gasteiger partial charge in [0.05, 0.1) is 18.3 Å². The van der Waals surface area contributed by atoms with Gasteiger partial charge in [0.2, 0.25) is 5.95 Å². The standard InChI is InChI=1S/C16H21N5O2S/c1-16(2,3)21-13-12(8-17-21)14(23)19-15(18-13)20(5-6-22)9-11-4-7-24-10-11/h4,7-8,10,22H,5-6,9H2,1-3H3,(H,18,19,23). The molecule has 0 unspecified atom stereocenters. The number of aromatic amines is 1. The summed E-state index contributed by atoms with van der Waals surface area (Å²) in [4.78, 5) is 21.7. The van der Waals surface area contributed by atoms with Crippen LogP contribution in [0.4, 0.5) is 5.95 Å². The molecule has 0 fully saturated rings. The Balaban J connectivity index is 2.08. The number of nitrogens with zero attached hydrogens (tertiary/aromatic N) is 4. The molecule has 0 amide bonds. The number of aliphatic hydroxyl groups is 1. The number of aromatic nitrogens is 4. The third kappa shape index (κ3) is 3.20. The second-order valence-corrected chi connectivity index (χ2v) is 7.41. The lowest BCUT2D eigenvalue weighted by Crippen LogP contribution is -2.30. The molecule has 0 aliphatic heterocycles. The van der Waals surface area contributed by atoms with Gasteiger partial charge in [0, 0.05) is 13.1 Å². The molecular formula is C16H21N5O2S. The first-order valence-electron chi connectivity index (χ1n) is 7.75. The van der Waals surface area contributed by atoms with E-state index in [1.54, 1.807) is 22.2 Å². The first-order valence-corrected chi connectivity index (χ1v) is 8.70. The zero-order chi connectivity index (χ0) is 17.3. The maximum atomic E-state index is 12.4. The second kappa shape index (κ2) is 6.37. The van der Waals surface area contributed by atoms with E-state index in [0.717, 1.165) is 5.56 Å². The Kier molecular flexibility index (Phi) is 4.42. The lowest BCUT2D eigenvalue weighted by molar-refractivity contribution is 0.300. The maximum Gasteiger partial charge on any atom is 0.263 e. The normalized spacial score (nSPS) is 12.0. The van der Waals surface area contributed by atoms with E-state index in [1.165, 1.54) is 0 Å². The first kappa shape index (κ1) is 16.7. The first-order chi connectivity index (χ1) is 11.4. The van der Waals surface area contributed by atoms with Crippen molar-refractivity contribution in [3.05, 3.63) is 38.9 Å². The van der Waals surface area contributed by atoms with E-state index in [0.29, 0.717) is 30.1 Å². The van der Waals surface area contributed by atoms with Crippen LogP contribution < -0.4 is 10.5 Å². The molecule has 24 heavy (non-hydrogen) atoms. The lowest BCUT2D eigenvalue weighted by atomic mass is 10.1. The molecule has 128 valence electrons. The van der Waals surface area contributed by atoms with Crippen molar-refractivity contribution in [2.75, 3.05) is 18.1 Å². The predicted octanol–water partition coefficient (Wildman–Crippen LogP) is 1.93. The number of thiophene rings is 1. The molecule has 8 heteroatoms. The van der Waals surface area contributed by atoms with Crippen LogP contribution in [0.15, 0.2) is 27.8 Å². The number of H-pyrrole nitrogens is 1. The van der Waals surface area contributed by atoms with Crippen LogP contribution >= 0.6 is 11.3 Å². The number of nitrogens with one attached hydrogen (secondary N) is 1. The van der Waals surface area contributed by atoms with Crippen LogP contribution in [0.1, 0.15) is 26.3 Å². The molecule has 0 radical (unpaired) electrons. The number of hydrogen-bond acceptors (Lipinski definition) is 6. The van der Waals surface area contributed by atoms with Gasteiger partial charge in [-0.15, -0.1) is 0 Å². The van der Waals surface area contributed by atoms with Crippen LogP contribution in [0.2, 0.25) is 0 Å². The lowest BCUT2D eigenvalue weighted by Gasteiger charge is -2.23. The molecule has 7 nitrogen and oxygen atoms in total. The molecule has 0 atom stereocenters. The van der Waals surface area contributed by atoms with E-state index >= 15 is 0 Å². The quantitative estimate of drug-likeness (QED) is 0.736. The van der Waals surface area contributed by atoms with Crippen molar-refractivity contribution in [2.24, 2.45) is 0 Å². The fourth-order valence-electron chi connectivity index (χ4n) is 2.53. The van der Waals surface area contributed by atoms with Gasteiger partial charge in [-0.1, -0.05) is 0 Å². The second-order valence-electron chi connectivity index (χ2n) is 6.63. The molecule has 3 aromatic rings. The average Bonchev–Trinajstić information content (AvgIpc) is 3.14. The summed E-state index contributed by atoms with van der Waals surface area (Å²) in [7, 11) is 0. The van der Waals surface area contributed by atoms with E-state index in [9.17, 15) is 9.90 Å². The summed E-state index contributed by atoms with van der Waals surface area (Å²) >= 11 is 1.61. The molecule has 0 spiro atoms. The van der Waals surface area contributed by atoms with E-state index in [-0.39, 0.29) is 17.7 Å². The van der Waals surface area contributed by atoms with Crippen LogP contribution in [0, 0.1) is 0 Å². The third-order valence-corrected chi connectivity index (χ3v) is 4.42. The van der Waals surface area contributed by atoms with Crippen molar-refractivity contribution in [2.45, 2.75) is 32.9 Å². The number of aliphatic hydroxyl groups excluding tert-OH is 1. The van der Waals surface area contributed by atoms with Gasteiger partial charge in [0.15, 0.2) is 5.65 Å². The molecule has 0 saturated carbocycles. The highest BCUT2D eigenvalue weighted by Gasteiger charge is 2.21. The Labute approximate surface area is 143 Å². The van der Waals surface area contributed by atoms with Crippen molar-refractivity contribution in [3.63, 3.8) is 0 Å². The molecule has 3 rings (SSSR count). The zero-order valence-electron chi connectivity index (χ0n) is 14.0. The number of rotatable bonds is 5. The van der Waals surface area contributed by atoms with Gasteiger partial charge in [-0.3, -0.25) is 9.78 Å². The van der Waals surface area contributed by atoms with Crippen LogP contribution in [0.5, 0.6) is 0 Å². The fourth-order valence-corrected chi connectivity index (χ4v) is 3.19. The van der Waals surface area contributed by atoms with Gasteiger partial charge < -0.3 is 10.0 Å². The van der Waals surface area contributed by atoms with Crippen LogP contribution in [-0.2, 0) is 12.1 Å². The van der Waals surface area contributed by atoms with E-state index in [1.807, 2.05) is 42.5 Å². The van der Waals surface area contributed by atoms with Gasteiger partial charge in [0.1, 0.15) is 5.39 Å². The minimum absolute atomic E-state index is 0.0234. The number of anilines is 1. The van der Waals surface area contributed by atoms with E-state index in [4.69, 9.17) is 0 Å². The minimum atomic E-state index is -0.283. The Bertz CT molecular complexity index is 876. The fraction of sp³-hybridized carbons (Fsp3) is 0.438. The van der Waals surface area contributed by atoms with Crippen molar-refractivity contribution >= 4 is 28.3 Å². The van der Waals surface area contributed by atoms with Crippen molar-refractivity contribution in [1.82, 2.24) is 19.7 Å². The van der Waals surface area contributed by atoms with Crippen LogP contribution in [0.25, 0.3) is 11.0 Å².